The van der Waals surface area contributed by atoms with Crippen LogP contribution in [0.5, 0.6) is 0 Å². The largest absolute Gasteiger partial charge is 0.481 e. The Hall–Kier alpha value is -1.92. The van der Waals surface area contributed by atoms with Crippen molar-refractivity contribution in [2.24, 2.45) is 5.41 Å². The molecule has 2 rings (SSSR count). The second-order valence-electron chi connectivity index (χ2n) is 5.62. The lowest BCUT2D eigenvalue weighted by Crippen LogP contribution is -2.37. The normalized spacial score (nSPS) is 26.4. The summed E-state index contributed by atoms with van der Waals surface area (Å²) < 4.78 is 0. The van der Waals surface area contributed by atoms with Crippen LogP contribution in [0.4, 0.5) is 0 Å². The molecule has 2 aliphatic rings. The molecule has 2 saturated heterocycles. The van der Waals surface area contributed by atoms with Crippen molar-refractivity contribution in [2.75, 3.05) is 19.6 Å². The van der Waals surface area contributed by atoms with Crippen molar-refractivity contribution in [3.8, 4) is 0 Å². The highest BCUT2D eigenvalue weighted by Crippen LogP contribution is 2.30. The molecule has 1 unspecified atom stereocenters. The highest BCUT2D eigenvalue weighted by Gasteiger charge is 2.42. The second-order valence-corrected chi connectivity index (χ2v) is 5.62. The van der Waals surface area contributed by atoms with Crippen LogP contribution in [0.1, 0.15) is 32.6 Å². The molecule has 2 fully saturated rings. The first-order valence-electron chi connectivity index (χ1n) is 6.68. The Morgan fingerprint density at radius 1 is 1.25 bits per heavy atom. The van der Waals surface area contributed by atoms with Crippen molar-refractivity contribution in [3.63, 3.8) is 0 Å². The van der Waals surface area contributed by atoms with Crippen LogP contribution in [0.3, 0.4) is 0 Å². The van der Waals surface area contributed by atoms with Crippen LogP contribution in [0.2, 0.25) is 0 Å². The van der Waals surface area contributed by atoms with Gasteiger partial charge in [0.2, 0.25) is 17.7 Å². The monoisotopic (exact) mass is 282 g/mol. The van der Waals surface area contributed by atoms with E-state index < -0.39 is 11.4 Å². The number of carboxylic acids is 1. The third-order valence-electron chi connectivity index (χ3n) is 4.05. The lowest BCUT2D eigenvalue weighted by atomic mass is 9.90. The molecule has 0 bridgehead atoms. The molecule has 1 N–H and O–H groups in total. The van der Waals surface area contributed by atoms with E-state index in [-0.39, 0.29) is 50.1 Å². The Kier molecular flexibility index (Phi) is 3.78. The lowest BCUT2D eigenvalue weighted by molar-refractivity contribution is -0.147. The number of carbonyl (C=O) groups excluding carboxylic acids is 3. The molecule has 0 aliphatic carbocycles. The third-order valence-corrected chi connectivity index (χ3v) is 4.05. The van der Waals surface area contributed by atoms with Gasteiger partial charge in [-0.2, -0.15) is 0 Å². The minimum atomic E-state index is -0.905. The molecule has 7 nitrogen and oxygen atoms in total. The zero-order valence-corrected chi connectivity index (χ0v) is 11.4. The smallest absolute Gasteiger partial charge is 0.311 e. The van der Waals surface area contributed by atoms with Crippen molar-refractivity contribution in [1.82, 2.24) is 9.80 Å². The van der Waals surface area contributed by atoms with E-state index in [1.54, 1.807) is 6.92 Å². The van der Waals surface area contributed by atoms with Crippen molar-refractivity contribution in [1.29, 1.82) is 0 Å². The summed E-state index contributed by atoms with van der Waals surface area (Å²) in [4.78, 5) is 48.6. The van der Waals surface area contributed by atoms with Gasteiger partial charge >= 0.3 is 5.97 Å². The Balaban J connectivity index is 1.86. The van der Waals surface area contributed by atoms with Gasteiger partial charge in [-0.25, -0.2) is 0 Å². The zero-order valence-electron chi connectivity index (χ0n) is 11.4. The number of hydrogen-bond donors (Lipinski definition) is 1. The highest BCUT2D eigenvalue weighted by atomic mass is 16.4. The first-order valence-corrected chi connectivity index (χ1v) is 6.68. The molecule has 7 heteroatoms. The summed E-state index contributed by atoms with van der Waals surface area (Å²) in [5.41, 5.74) is -0.894. The Bertz CT molecular complexity index is 459. The van der Waals surface area contributed by atoms with Gasteiger partial charge in [0.15, 0.2) is 0 Å². The van der Waals surface area contributed by atoms with E-state index in [2.05, 4.69) is 0 Å². The third kappa shape index (κ3) is 2.66. The topological polar surface area (TPSA) is 95.0 Å². The first kappa shape index (κ1) is 14.5. The van der Waals surface area contributed by atoms with Gasteiger partial charge in [0.05, 0.1) is 5.41 Å². The van der Waals surface area contributed by atoms with Crippen molar-refractivity contribution in [2.45, 2.75) is 32.6 Å². The van der Waals surface area contributed by atoms with Crippen LogP contribution in [-0.2, 0) is 19.2 Å². The SMILES string of the molecule is CC1(C(=O)O)CCN(C(=O)CCN2C(=O)CCC2=O)C1. The molecule has 0 aromatic carbocycles. The van der Waals surface area contributed by atoms with E-state index in [1.807, 2.05) is 0 Å². The molecule has 2 aliphatic heterocycles. The van der Waals surface area contributed by atoms with Crippen LogP contribution < -0.4 is 0 Å². The molecule has 0 radical (unpaired) electrons. The van der Waals surface area contributed by atoms with Crippen molar-refractivity contribution < 1.29 is 24.3 Å². The number of imide groups is 1. The number of hydrogen-bond acceptors (Lipinski definition) is 4. The van der Waals surface area contributed by atoms with Gasteiger partial charge in [0.25, 0.3) is 0 Å². The Labute approximate surface area is 116 Å². The van der Waals surface area contributed by atoms with Gasteiger partial charge in [-0.05, 0) is 13.3 Å². The molecule has 110 valence electrons. The summed E-state index contributed by atoms with van der Waals surface area (Å²) >= 11 is 0. The number of carboxylic acid groups (broad SMARTS) is 1. The fourth-order valence-electron chi connectivity index (χ4n) is 2.59. The maximum Gasteiger partial charge on any atom is 0.311 e. The maximum atomic E-state index is 12.0. The van der Waals surface area contributed by atoms with Crippen LogP contribution in [0.15, 0.2) is 0 Å². The molecule has 1 atom stereocenters. The first-order chi connectivity index (χ1) is 9.33. The lowest BCUT2D eigenvalue weighted by Gasteiger charge is -2.21. The predicted molar refractivity (Wildman–Crippen MR) is 67.5 cm³/mol. The maximum absolute atomic E-state index is 12.0. The molecule has 20 heavy (non-hydrogen) atoms. The highest BCUT2D eigenvalue weighted by molar-refractivity contribution is 6.02. The van der Waals surface area contributed by atoms with E-state index in [1.165, 1.54) is 4.90 Å². The summed E-state index contributed by atoms with van der Waals surface area (Å²) in [6, 6.07) is 0. The summed E-state index contributed by atoms with van der Waals surface area (Å²) in [6.45, 7) is 2.31. The fourth-order valence-corrected chi connectivity index (χ4v) is 2.59. The summed E-state index contributed by atoms with van der Waals surface area (Å²) in [7, 11) is 0. The molecule has 3 amide bonds. The van der Waals surface area contributed by atoms with Gasteiger partial charge in [-0.15, -0.1) is 0 Å². The minimum Gasteiger partial charge on any atom is -0.481 e. The van der Waals surface area contributed by atoms with Crippen LogP contribution >= 0.6 is 0 Å². The average Bonchev–Trinajstić information content (AvgIpc) is 2.93. The molecule has 0 aromatic heterocycles. The van der Waals surface area contributed by atoms with Gasteiger partial charge in [-0.1, -0.05) is 0 Å². The van der Waals surface area contributed by atoms with Gasteiger partial charge in [0.1, 0.15) is 0 Å². The van der Waals surface area contributed by atoms with Crippen molar-refractivity contribution >= 4 is 23.7 Å². The number of nitrogens with zero attached hydrogens (tertiary/aromatic N) is 2. The van der Waals surface area contributed by atoms with Crippen LogP contribution in [0, 0.1) is 5.41 Å². The number of rotatable bonds is 4. The number of carbonyl (C=O) groups is 4. The minimum absolute atomic E-state index is 0.0627. The van der Waals surface area contributed by atoms with Gasteiger partial charge < -0.3 is 10.0 Å². The van der Waals surface area contributed by atoms with E-state index in [4.69, 9.17) is 5.11 Å². The molecular formula is C13H18N2O5. The standard InChI is InChI=1S/C13H18N2O5/c1-13(12(19)20)5-7-14(8-13)9(16)4-6-15-10(17)2-3-11(15)18/h2-8H2,1H3,(H,19,20). The summed E-state index contributed by atoms with van der Waals surface area (Å²) in [5, 5.41) is 9.11. The predicted octanol–water partition coefficient (Wildman–Crippen LogP) is -0.151. The van der Waals surface area contributed by atoms with E-state index >= 15 is 0 Å². The quantitative estimate of drug-likeness (QED) is 0.723. The number of amides is 3. The van der Waals surface area contributed by atoms with Gasteiger partial charge in [0, 0.05) is 38.9 Å². The molecule has 0 aromatic rings. The molecule has 0 saturated carbocycles. The average molecular weight is 282 g/mol. The van der Waals surface area contributed by atoms with Crippen LogP contribution in [0.25, 0.3) is 0 Å². The van der Waals surface area contributed by atoms with E-state index in [0.717, 1.165) is 4.90 Å². The van der Waals surface area contributed by atoms with Crippen molar-refractivity contribution in [3.05, 3.63) is 0 Å². The summed E-state index contributed by atoms with van der Waals surface area (Å²) in [5.74, 6) is -1.58. The second kappa shape index (κ2) is 5.22. The number of likely N-dealkylation sites (tertiary alicyclic amines) is 2. The number of aliphatic carboxylic acids is 1. The van der Waals surface area contributed by atoms with E-state index in [9.17, 15) is 19.2 Å². The molecular weight excluding hydrogens is 264 g/mol. The summed E-state index contributed by atoms with van der Waals surface area (Å²) in [6.07, 6.45) is 0.921. The fraction of sp³-hybridized carbons (Fsp3) is 0.692. The van der Waals surface area contributed by atoms with Crippen LogP contribution in [-0.4, -0.2) is 58.2 Å². The molecule has 2 heterocycles. The van der Waals surface area contributed by atoms with Gasteiger partial charge in [-0.3, -0.25) is 24.1 Å². The van der Waals surface area contributed by atoms with E-state index in [0.29, 0.717) is 13.0 Å². The zero-order chi connectivity index (χ0) is 14.9. The Morgan fingerprint density at radius 2 is 1.85 bits per heavy atom. The molecule has 0 spiro atoms. The Morgan fingerprint density at radius 3 is 2.35 bits per heavy atom.